The first-order chi connectivity index (χ1) is 9.15. The van der Waals surface area contributed by atoms with Crippen LogP contribution in [0.5, 0.6) is 5.75 Å². The molecule has 0 amide bonds. The van der Waals surface area contributed by atoms with E-state index < -0.39 is 0 Å². The van der Waals surface area contributed by atoms with Crippen molar-refractivity contribution in [2.45, 2.75) is 31.2 Å². The molecule has 2 aromatic carbocycles. The first-order valence-electron chi connectivity index (χ1n) is 6.78. The van der Waals surface area contributed by atoms with E-state index in [2.05, 4.69) is 24.3 Å². The number of aromatic hydroxyl groups is 1. The normalized spacial score (nSPS) is 21.9. The van der Waals surface area contributed by atoms with Gasteiger partial charge in [0.1, 0.15) is 5.75 Å². The van der Waals surface area contributed by atoms with Gasteiger partial charge in [-0.3, -0.25) is 0 Å². The average Bonchev–Trinajstić information content (AvgIpc) is 2.38. The van der Waals surface area contributed by atoms with Gasteiger partial charge in [-0.05, 0) is 54.5 Å². The summed E-state index contributed by atoms with van der Waals surface area (Å²) in [6.07, 6.45) is 3.78. The maximum Gasteiger partial charge on any atom is 0.115 e. The van der Waals surface area contributed by atoms with Crippen LogP contribution < -0.4 is 5.73 Å². The molecule has 0 saturated heterocycles. The maximum absolute atomic E-state index is 9.54. The third-order valence-electron chi connectivity index (χ3n) is 4.02. The lowest BCUT2D eigenvalue weighted by Gasteiger charge is -2.35. The second-order valence-electron chi connectivity index (χ2n) is 5.65. The van der Waals surface area contributed by atoms with Crippen molar-refractivity contribution in [1.82, 2.24) is 0 Å². The predicted octanol–water partition coefficient (Wildman–Crippen LogP) is 2.82. The minimum Gasteiger partial charge on any atom is -0.508 e. The Bertz CT molecular complexity index is 593. The number of rotatable bonds is 2. The van der Waals surface area contributed by atoms with Crippen LogP contribution in [0.15, 0.2) is 48.5 Å². The zero-order valence-corrected chi connectivity index (χ0v) is 11.0. The summed E-state index contributed by atoms with van der Waals surface area (Å²) in [5.74, 6) is 0.317. The van der Waals surface area contributed by atoms with Gasteiger partial charge in [0.15, 0.2) is 0 Å². The third-order valence-corrected chi connectivity index (χ3v) is 4.02. The molecule has 1 aliphatic rings. The molecule has 0 saturated carbocycles. The average molecular weight is 253 g/mol. The number of fused-ring (bicyclic) bond motifs is 1. The van der Waals surface area contributed by atoms with Gasteiger partial charge in [-0.2, -0.15) is 0 Å². The van der Waals surface area contributed by atoms with Gasteiger partial charge in [-0.15, -0.1) is 0 Å². The fourth-order valence-electron chi connectivity index (χ4n) is 3.05. The SMILES string of the molecule is NC1(Cc2cccc(O)c2)CCc2ccccc2C1. The zero-order valence-electron chi connectivity index (χ0n) is 11.0. The molecule has 0 spiro atoms. The van der Waals surface area contributed by atoms with Crippen molar-refractivity contribution in [1.29, 1.82) is 0 Å². The number of nitrogens with two attached hydrogens (primary N) is 1. The maximum atomic E-state index is 9.54. The van der Waals surface area contributed by atoms with E-state index in [1.165, 1.54) is 11.1 Å². The Labute approximate surface area is 113 Å². The lowest BCUT2D eigenvalue weighted by molar-refractivity contribution is 0.368. The fraction of sp³-hybridized carbons (Fsp3) is 0.294. The Morgan fingerprint density at radius 2 is 1.84 bits per heavy atom. The fourth-order valence-corrected chi connectivity index (χ4v) is 3.05. The molecule has 0 heterocycles. The number of aryl methyl sites for hydroxylation is 1. The molecule has 2 nitrogen and oxygen atoms in total. The number of hydrogen-bond donors (Lipinski definition) is 2. The third kappa shape index (κ3) is 2.64. The van der Waals surface area contributed by atoms with Crippen LogP contribution in [0.2, 0.25) is 0 Å². The molecular formula is C17H19NO. The second-order valence-corrected chi connectivity index (χ2v) is 5.65. The van der Waals surface area contributed by atoms with E-state index in [1.807, 2.05) is 18.2 Å². The summed E-state index contributed by atoms with van der Waals surface area (Å²) in [6, 6.07) is 16.0. The molecule has 2 aromatic rings. The molecule has 19 heavy (non-hydrogen) atoms. The van der Waals surface area contributed by atoms with E-state index in [1.54, 1.807) is 6.07 Å². The highest BCUT2D eigenvalue weighted by atomic mass is 16.3. The largest absolute Gasteiger partial charge is 0.508 e. The van der Waals surface area contributed by atoms with Gasteiger partial charge in [0.2, 0.25) is 0 Å². The van der Waals surface area contributed by atoms with Crippen molar-refractivity contribution in [3.05, 3.63) is 65.2 Å². The van der Waals surface area contributed by atoms with Crippen molar-refractivity contribution >= 4 is 0 Å². The molecule has 0 bridgehead atoms. The van der Waals surface area contributed by atoms with Gasteiger partial charge >= 0.3 is 0 Å². The standard InChI is InChI=1S/C17H19NO/c18-17(11-13-4-3-7-16(19)10-13)9-8-14-5-1-2-6-15(14)12-17/h1-7,10,19H,8-9,11-12,18H2. The van der Waals surface area contributed by atoms with Gasteiger partial charge in [0.25, 0.3) is 0 Å². The molecule has 1 aliphatic carbocycles. The van der Waals surface area contributed by atoms with E-state index in [9.17, 15) is 5.11 Å². The number of phenolic OH excluding ortho intramolecular Hbond substituents is 1. The minimum absolute atomic E-state index is 0.192. The van der Waals surface area contributed by atoms with Crippen LogP contribution in [-0.4, -0.2) is 10.6 Å². The summed E-state index contributed by atoms with van der Waals surface area (Å²) in [5.41, 5.74) is 10.3. The number of hydrogen-bond acceptors (Lipinski definition) is 2. The second kappa shape index (κ2) is 4.71. The van der Waals surface area contributed by atoms with Crippen molar-refractivity contribution in [3.63, 3.8) is 0 Å². The molecule has 1 unspecified atom stereocenters. The lowest BCUT2D eigenvalue weighted by Crippen LogP contribution is -2.47. The van der Waals surface area contributed by atoms with Gasteiger partial charge in [-0.1, -0.05) is 36.4 Å². The summed E-state index contributed by atoms with van der Waals surface area (Å²) in [4.78, 5) is 0. The van der Waals surface area contributed by atoms with Gasteiger partial charge in [0.05, 0.1) is 0 Å². The van der Waals surface area contributed by atoms with Crippen LogP contribution in [-0.2, 0) is 19.3 Å². The van der Waals surface area contributed by atoms with Gasteiger partial charge in [0, 0.05) is 5.54 Å². The van der Waals surface area contributed by atoms with Gasteiger partial charge in [-0.25, -0.2) is 0 Å². The highest BCUT2D eigenvalue weighted by Crippen LogP contribution is 2.30. The van der Waals surface area contributed by atoms with E-state index in [-0.39, 0.29) is 5.54 Å². The zero-order chi connectivity index (χ0) is 13.3. The van der Waals surface area contributed by atoms with E-state index in [0.29, 0.717) is 5.75 Å². The van der Waals surface area contributed by atoms with E-state index in [0.717, 1.165) is 31.2 Å². The molecule has 0 aliphatic heterocycles. The lowest BCUT2D eigenvalue weighted by atomic mass is 9.75. The molecule has 0 aromatic heterocycles. The highest BCUT2D eigenvalue weighted by molar-refractivity contribution is 5.34. The van der Waals surface area contributed by atoms with Crippen LogP contribution in [0.25, 0.3) is 0 Å². The minimum atomic E-state index is -0.192. The Hall–Kier alpha value is -1.80. The van der Waals surface area contributed by atoms with Crippen LogP contribution >= 0.6 is 0 Å². The van der Waals surface area contributed by atoms with Crippen LogP contribution in [0.1, 0.15) is 23.1 Å². The number of phenols is 1. The van der Waals surface area contributed by atoms with Crippen molar-refractivity contribution in [2.75, 3.05) is 0 Å². The Kier molecular flexibility index (Phi) is 3.03. The number of benzene rings is 2. The van der Waals surface area contributed by atoms with Gasteiger partial charge < -0.3 is 10.8 Å². The van der Waals surface area contributed by atoms with Crippen molar-refractivity contribution < 1.29 is 5.11 Å². The summed E-state index contributed by atoms with van der Waals surface area (Å²) in [7, 11) is 0. The smallest absolute Gasteiger partial charge is 0.115 e. The Morgan fingerprint density at radius 1 is 1.05 bits per heavy atom. The molecule has 98 valence electrons. The quantitative estimate of drug-likeness (QED) is 0.864. The van der Waals surface area contributed by atoms with E-state index in [4.69, 9.17) is 5.73 Å². The summed E-state index contributed by atoms with van der Waals surface area (Å²) in [6.45, 7) is 0. The molecule has 0 fully saturated rings. The topological polar surface area (TPSA) is 46.2 Å². The monoisotopic (exact) mass is 253 g/mol. The molecule has 3 rings (SSSR count). The van der Waals surface area contributed by atoms with Crippen LogP contribution in [0, 0.1) is 0 Å². The molecule has 3 N–H and O–H groups in total. The Morgan fingerprint density at radius 3 is 2.63 bits per heavy atom. The Balaban J connectivity index is 1.82. The van der Waals surface area contributed by atoms with Crippen molar-refractivity contribution in [2.24, 2.45) is 5.73 Å². The molecule has 0 radical (unpaired) electrons. The molecule has 2 heteroatoms. The van der Waals surface area contributed by atoms with Crippen LogP contribution in [0.4, 0.5) is 0 Å². The summed E-state index contributed by atoms with van der Waals surface area (Å²) >= 11 is 0. The molecule has 1 atom stereocenters. The predicted molar refractivity (Wildman–Crippen MR) is 77.2 cm³/mol. The summed E-state index contributed by atoms with van der Waals surface area (Å²) < 4.78 is 0. The van der Waals surface area contributed by atoms with Crippen molar-refractivity contribution in [3.8, 4) is 5.75 Å². The highest BCUT2D eigenvalue weighted by Gasteiger charge is 2.30. The molecular weight excluding hydrogens is 234 g/mol. The van der Waals surface area contributed by atoms with E-state index >= 15 is 0 Å². The summed E-state index contributed by atoms with van der Waals surface area (Å²) in [5, 5.41) is 9.54. The first-order valence-corrected chi connectivity index (χ1v) is 6.78. The van der Waals surface area contributed by atoms with Crippen LogP contribution in [0.3, 0.4) is 0 Å². The first kappa shape index (κ1) is 12.2.